The maximum Gasteiger partial charge on any atom is 0.0544 e. The van der Waals surface area contributed by atoms with Gasteiger partial charge in [0.2, 0.25) is 0 Å². The SMILES string of the molecule is C1=CC(c2ccc3c4ccccc4n(-c4ccccc4)c3c2)Cc2c1n(-c1cc(-c3ccc(-c4ccccc4)cc3)c3sc4ccccc4c3c1)c1ccccc21. The first kappa shape index (κ1) is 32.3. The molecule has 2 nitrogen and oxygen atoms in total. The van der Waals surface area contributed by atoms with Gasteiger partial charge in [0.1, 0.15) is 0 Å². The number of thiophene rings is 1. The Morgan fingerprint density at radius 3 is 1.88 bits per heavy atom. The zero-order chi connectivity index (χ0) is 37.5. The van der Waals surface area contributed by atoms with Gasteiger partial charge in [0.05, 0.1) is 16.6 Å². The standard InChI is InChI=1S/C54H36N2S/c1-3-13-35(14-4-1)36-23-25-37(26-24-36)46-33-41(34-48-45-19-9-12-22-53(45)57-54(46)48)56-50-21-11-8-18-43(50)47-31-38(28-30-51(47)56)39-27-29-44-42-17-7-10-20-49(42)55(52(44)32-39)40-15-5-2-6-16-40/h1-30,32-34,38H,31H2. The molecule has 57 heavy (non-hydrogen) atoms. The number of hydrogen-bond donors (Lipinski definition) is 0. The van der Waals surface area contributed by atoms with Gasteiger partial charge in [-0.25, -0.2) is 0 Å². The predicted molar refractivity (Wildman–Crippen MR) is 243 cm³/mol. The van der Waals surface area contributed by atoms with Crippen molar-refractivity contribution in [2.75, 3.05) is 0 Å². The van der Waals surface area contributed by atoms with Crippen molar-refractivity contribution in [1.29, 1.82) is 0 Å². The molecule has 1 atom stereocenters. The topological polar surface area (TPSA) is 9.86 Å². The number of benzene rings is 8. The lowest BCUT2D eigenvalue weighted by atomic mass is 9.86. The average molecular weight is 745 g/mol. The summed E-state index contributed by atoms with van der Waals surface area (Å²) in [5.41, 5.74) is 15.1. The van der Waals surface area contributed by atoms with E-state index < -0.39 is 0 Å². The van der Waals surface area contributed by atoms with Gasteiger partial charge < -0.3 is 9.13 Å². The summed E-state index contributed by atoms with van der Waals surface area (Å²) in [6, 6.07) is 69.2. The van der Waals surface area contributed by atoms with Gasteiger partial charge in [-0.1, -0.05) is 146 Å². The van der Waals surface area contributed by atoms with Gasteiger partial charge >= 0.3 is 0 Å². The summed E-state index contributed by atoms with van der Waals surface area (Å²) in [4.78, 5) is 0. The monoisotopic (exact) mass is 744 g/mol. The van der Waals surface area contributed by atoms with E-state index >= 15 is 0 Å². The Kier molecular flexibility index (Phi) is 7.26. The summed E-state index contributed by atoms with van der Waals surface area (Å²) in [7, 11) is 0. The lowest BCUT2D eigenvalue weighted by Crippen LogP contribution is -2.07. The van der Waals surface area contributed by atoms with Gasteiger partial charge in [0.25, 0.3) is 0 Å². The minimum atomic E-state index is 0.255. The molecule has 1 unspecified atom stereocenters. The van der Waals surface area contributed by atoms with Crippen LogP contribution in [0.4, 0.5) is 0 Å². The van der Waals surface area contributed by atoms with Crippen LogP contribution in [0.3, 0.4) is 0 Å². The van der Waals surface area contributed by atoms with E-state index in [4.69, 9.17) is 0 Å². The maximum atomic E-state index is 2.52. The van der Waals surface area contributed by atoms with Gasteiger partial charge in [-0.3, -0.25) is 0 Å². The number of aromatic nitrogens is 2. The van der Waals surface area contributed by atoms with E-state index in [9.17, 15) is 0 Å². The minimum absolute atomic E-state index is 0.255. The van der Waals surface area contributed by atoms with Crippen LogP contribution in [-0.4, -0.2) is 9.13 Å². The van der Waals surface area contributed by atoms with Crippen LogP contribution in [-0.2, 0) is 6.42 Å². The second kappa shape index (κ2) is 12.8. The maximum absolute atomic E-state index is 2.52. The van der Waals surface area contributed by atoms with Crippen molar-refractivity contribution in [2.45, 2.75) is 12.3 Å². The fourth-order valence-corrected chi connectivity index (χ4v) is 10.6. The minimum Gasteiger partial charge on any atom is -0.310 e. The lowest BCUT2D eigenvalue weighted by Gasteiger charge is -2.20. The molecule has 8 aromatic carbocycles. The predicted octanol–water partition coefficient (Wildman–Crippen LogP) is 14.8. The molecule has 11 aromatic rings. The van der Waals surface area contributed by atoms with Crippen LogP contribution in [0.2, 0.25) is 0 Å². The highest BCUT2D eigenvalue weighted by Gasteiger charge is 2.25. The Morgan fingerprint density at radius 2 is 1.07 bits per heavy atom. The van der Waals surface area contributed by atoms with E-state index in [0.29, 0.717) is 0 Å². The molecule has 0 spiro atoms. The van der Waals surface area contributed by atoms with Crippen molar-refractivity contribution in [1.82, 2.24) is 9.13 Å². The zero-order valence-electron chi connectivity index (χ0n) is 31.1. The molecule has 1 aliphatic carbocycles. The van der Waals surface area contributed by atoms with Crippen molar-refractivity contribution in [3.05, 3.63) is 211 Å². The van der Waals surface area contributed by atoms with Gasteiger partial charge in [-0.15, -0.1) is 11.3 Å². The number of para-hydroxylation sites is 3. The second-order valence-corrected chi connectivity index (χ2v) is 16.3. The number of nitrogens with zero attached hydrogens (tertiary/aromatic N) is 2. The van der Waals surface area contributed by atoms with Crippen LogP contribution in [0, 0.1) is 0 Å². The number of rotatable bonds is 5. The van der Waals surface area contributed by atoms with Crippen molar-refractivity contribution in [3.63, 3.8) is 0 Å². The fraction of sp³-hybridized carbons (Fsp3) is 0.0370. The molecule has 0 radical (unpaired) electrons. The van der Waals surface area contributed by atoms with E-state index in [1.165, 1.54) is 103 Å². The Bertz CT molecular complexity index is 3360. The van der Waals surface area contributed by atoms with Crippen LogP contribution in [0.1, 0.15) is 22.7 Å². The quantitative estimate of drug-likeness (QED) is 0.166. The molecule has 12 rings (SSSR count). The van der Waals surface area contributed by atoms with Gasteiger partial charge in [-0.2, -0.15) is 0 Å². The highest BCUT2D eigenvalue weighted by Crippen LogP contribution is 2.45. The highest BCUT2D eigenvalue weighted by molar-refractivity contribution is 7.26. The molecule has 3 heteroatoms. The van der Waals surface area contributed by atoms with E-state index in [-0.39, 0.29) is 5.92 Å². The largest absolute Gasteiger partial charge is 0.310 e. The first-order valence-corrected chi connectivity index (χ1v) is 20.6. The van der Waals surface area contributed by atoms with Gasteiger partial charge in [0, 0.05) is 64.9 Å². The third-order valence-electron chi connectivity index (χ3n) is 12.1. The molecule has 0 saturated carbocycles. The molecule has 3 heterocycles. The van der Waals surface area contributed by atoms with Crippen LogP contribution in [0.25, 0.3) is 92.6 Å². The molecule has 3 aromatic heterocycles. The van der Waals surface area contributed by atoms with Crippen molar-refractivity contribution >= 4 is 70.3 Å². The summed E-state index contributed by atoms with van der Waals surface area (Å²) < 4.78 is 7.59. The third-order valence-corrected chi connectivity index (χ3v) is 13.3. The van der Waals surface area contributed by atoms with Crippen LogP contribution < -0.4 is 0 Å². The van der Waals surface area contributed by atoms with E-state index in [1.807, 2.05) is 11.3 Å². The molecule has 0 N–H and O–H groups in total. The molecular weight excluding hydrogens is 709 g/mol. The molecule has 0 fully saturated rings. The summed E-state index contributed by atoms with van der Waals surface area (Å²) in [6.45, 7) is 0. The summed E-state index contributed by atoms with van der Waals surface area (Å²) >= 11 is 1.90. The number of allylic oxidation sites excluding steroid dienone is 1. The molecular formula is C54H36N2S. The average Bonchev–Trinajstić information content (AvgIpc) is 3.94. The summed E-state index contributed by atoms with van der Waals surface area (Å²) in [5, 5.41) is 6.52. The zero-order valence-corrected chi connectivity index (χ0v) is 32.0. The first-order valence-electron chi connectivity index (χ1n) is 19.8. The normalized spacial score (nSPS) is 14.0. The Balaban J connectivity index is 1.01. The molecule has 0 aliphatic heterocycles. The highest BCUT2D eigenvalue weighted by atomic mass is 32.1. The Morgan fingerprint density at radius 1 is 0.439 bits per heavy atom. The van der Waals surface area contributed by atoms with Crippen molar-refractivity contribution in [3.8, 4) is 33.6 Å². The smallest absolute Gasteiger partial charge is 0.0544 e. The molecule has 268 valence electrons. The second-order valence-electron chi connectivity index (χ2n) is 15.3. The fourth-order valence-electron chi connectivity index (χ4n) is 9.42. The Labute approximate surface area is 334 Å². The molecule has 0 amide bonds. The summed E-state index contributed by atoms with van der Waals surface area (Å²) in [5.74, 6) is 0.255. The van der Waals surface area contributed by atoms with Crippen LogP contribution >= 0.6 is 11.3 Å². The van der Waals surface area contributed by atoms with Crippen LogP contribution in [0.15, 0.2) is 194 Å². The molecule has 0 bridgehead atoms. The van der Waals surface area contributed by atoms with Gasteiger partial charge in [0.15, 0.2) is 0 Å². The van der Waals surface area contributed by atoms with E-state index in [1.54, 1.807) is 0 Å². The van der Waals surface area contributed by atoms with E-state index in [2.05, 4.69) is 209 Å². The van der Waals surface area contributed by atoms with Crippen molar-refractivity contribution < 1.29 is 0 Å². The lowest BCUT2D eigenvalue weighted by molar-refractivity contribution is 0.826. The van der Waals surface area contributed by atoms with Crippen molar-refractivity contribution in [2.24, 2.45) is 0 Å². The van der Waals surface area contributed by atoms with Gasteiger partial charge in [-0.05, 0) is 88.8 Å². The van der Waals surface area contributed by atoms with E-state index in [0.717, 1.165) is 6.42 Å². The third kappa shape index (κ3) is 5.09. The molecule has 0 saturated heterocycles. The Hall–Kier alpha value is -6.94. The summed E-state index contributed by atoms with van der Waals surface area (Å²) in [6.07, 6.45) is 5.77. The number of fused-ring (bicyclic) bond motifs is 9. The molecule has 1 aliphatic rings. The number of hydrogen-bond acceptors (Lipinski definition) is 1. The van der Waals surface area contributed by atoms with Crippen LogP contribution in [0.5, 0.6) is 0 Å². The first-order chi connectivity index (χ1) is 28.3.